The van der Waals surface area contributed by atoms with Crippen molar-refractivity contribution in [3.05, 3.63) is 33.9 Å². The zero-order chi connectivity index (χ0) is 12.5. The molecule has 0 aliphatic heterocycles. The Hall–Kier alpha value is -1.88. The smallest absolute Gasteiger partial charge is 0.336 e. The van der Waals surface area contributed by atoms with Gasteiger partial charge in [0, 0.05) is 0 Å². The zero-order valence-electron chi connectivity index (χ0n) is 8.94. The van der Waals surface area contributed by atoms with E-state index in [9.17, 15) is 9.59 Å². The van der Waals surface area contributed by atoms with Crippen molar-refractivity contribution in [2.45, 2.75) is 20.5 Å². The van der Waals surface area contributed by atoms with Crippen molar-refractivity contribution in [3.63, 3.8) is 0 Å². The second-order valence-corrected chi connectivity index (χ2v) is 3.48. The topological polar surface area (TPSA) is 94.8 Å². The highest BCUT2D eigenvalue weighted by molar-refractivity contribution is 5.98. The summed E-state index contributed by atoms with van der Waals surface area (Å²) in [5.74, 6) is -2.39. The van der Waals surface area contributed by atoms with Crippen LogP contribution < -0.4 is 0 Å². The van der Waals surface area contributed by atoms with Gasteiger partial charge in [-0.15, -0.1) is 0 Å². The van der Waals surface area contributed by atoms with Crippen LogP contribution in [0.5, 0.6) is 0 Å². The van der Waals surface area contributed by atoms with Crippen LogP contribution in [0.2, 0.25) is 0 Å². The Labute approximate surface area is 92.0 Å². The molecule has 0 saturated heterocycles. The van der Waals surface area contributed by atoms with E-state index in [-0.39, 0.29) is 23.3 Å². The summed E-state index contributed by atoms with van der Waals surface area (Å²) in [5.41, 5.74) is 0.781. The van der Waals surface area contributed by atoms with Gasteiger partial charge in [0.25, 0.3) is 0 Å². The lowest BCUT2D eigenvalue weighted by atomic mass is 9.93. The van der Waals surface area contributed by atoms with E-state index in [0.717, 1.165) is 0 Å². The van der Waals surface area contributed by atoms with E-state index in [1.54, 1.807) is 6.92 Å². The summed E-state index contributed by atoms with van der Waals surface area (Å²) in [7, 11) is 0. The van der Waals surface area contributed by atoms with Crippen molar-refractivity contribution in [1.82, 2.24) is 0 Å². The number of aliphatic hydroxyl groups excluding tert-OH is 1. The van der Waals surface area contributed by atoms with Gasteiger partial charge < -0.3 is 15.3 Å². The summed E-state index contributed by atoms with van der Waals surface area (Å²) in [6.07, 6.45) is 0. The minimum atomic E-state index is -1.20. The molecule has 0 aliphatic carbocycles. The van der Waals surface area contributed by atoms with Crippen LogP contribution in [0.15, 0.2) is 6.07 Å². The molecule has 0 fully saturated rings. The van der Waals surface area contributed by atoms with Crippen LogP contribution in [0.25, 0.3) is 0 Å². The largest absolute Gasteiger partial charge is 0.478 e. The number of carbonyl (C=O) groups is 2. The van der Waals surface area contributed by atoms with E-state index in [0.29, 0.717) is 11.1 Å². The first-order chi connectivity index (χ1) is 7.40. The highest BCUT2D eigenvalue weighted by Gasteiger charge is 2.20. The third-order valence-corrected chi connectivity index (χ3v) is 2.57. The molecule has 1 aromatic rings. The molecule has 0 heterocycles. The van der Waals surface area contributed by atoms with Gasteiger partial charge in [0.05, 0.1) is 17.7 Å². The average Bonchev–Trinajstić information content (AvgIpc) is 2.16. The van der Waals surface area contributed by atoms with Gasteiger partial charge in [0.15, 0.2) is 0 Å². The average molecular weight is 224 g/mol. The van der Waals surface area contributed by atoms with E-state index in [4.69, 9.17) is 15.3 Å². The Balaban J connectivity index is 3.64. The fourth-order valence-corrected chi connectivity index (χ4v) is 1.67. The van der Waals surface area contributed by atoms with Crippen LogP contribution in [0, 0.1) is 13.8 Å². The number of hydrogen-bond acceptors (Lipinski definition) is 3. The Morgan fingerprint density at radius 2 is 1.69 bits per heavy atom. The molecule has 86 valence electrons. The summed E-state index contributed by atoms with van der Waals surface area (Å²) >= 11 is 0. The molecule has 0 bridgehead atoms. The predicted octanol–water partition coefficient (Wildman–Crippen LogP) is 1.19. The lowest BCUT2D eigenvalue weighted by Crippen LogP contribution is -2.12. The highest BCUT2D eigenvalue weighted by atomic mass is 16.4. The molecular formula is C11H12O5. The Morgan fingerprint density at radius 1 is 1.12 bits per heavy atom. The summed E-state index contributed by atoms with van der Waals surface area (Å²) in [4.78, 5) is 21.9. The van der Waals surface area contributed by atoms with Crippen molar-refractivity contribution in [2.75, 3.05) is 0 Å². The quantitative estimate of drug-likeness (QED) is 0.716. The molecular weight excluding hydrogens is 212 g/mol. The summed E-state index contributed by atoms with van der Waals surface area (Å²) in [6.45, 7) is 2.61. The van der Waals surface area contributed by atoms with Crippen LogP contribution in [0.4, 0.5) is 0 Å². The number of carboxylic acids is 2. The van der Waals surface area contributed by atoms with Crippen LogP contribution in [0.1, 0.15) is 37.4 Å². The molecule has 0 spiro atoms. The lowest BCUT2D eigenvalue weighted by Gasteiger charge is -2.12. The summed E-state index contributed by atoms with van der Waals surface area (Å²) < 4.78 is 0. The second-order valence-electron chi connectivity index (χ2n) is 3.48. The van der Waals surface area contributed by atoms with Crippen molar-refractivity contribution < 1.29 is 24.9 Å². The maximum atomic E-state index is 11.0. The maximum Gasteiger partial charge on any atom is 0.336 e. The molecule has 0 saturated carbocycles. The van der Waals surface area contributed by atoms with Gasteiger partial charge in [-0.05, 0) is 36.6 Å². The fraction of sp³-hybridized carbons (Fsp3) is 0.273. The maximum absolute atomic E-state index is 11.0. The second kappa shape index (κ2) is 4.32. The molecule has 16 heavy (non-hydrogen) atoms. The first-order valence-electron chi connectivity index (χ1n) is 4.60. The van der Waals surface area contributed by atoms with Crippen LogP contribution in [0.3, 0.4) is 0 Å². The minimum absolute atomic E-state index is 0.0519. The molecule has 0 aliphatic rings. The predicted molar refractivity (Wildman–Crippen MR) is 55.8 cm³/mol. The van der Waals surface area contributed by atoms with Gasteiger partial charge in [-0.25, -0.2) is 9.59 Å². The third kappa shape index (κ3) is 1.90. The van der Waals surface area contributed by atoms with Crippen molar-refractivity contribution >= 4 is 11.9 Å². The van der Waals surface area contributed by atoms with Crippen LogP contribution >= 0.6 is 0 Å². The van der Waals surface area contributed by atoms with Crippen molar-refractivity contribution in [1.29, 1.82) is 0 Å². The van der Waals surface area contributed by atoms with E-state index >= 15 is 0 Å². The minimum Gasteiger partial charge on any atom is -0.478 e. The first-order valence-corrected chi connectivity index (χ1v) is 4.60. The molecule has 0 atom stereocenters. The normalized spacial score (nSPS) is 10.2. The zero-order valence-corrected chi connectivity index (χ0v) is 8.94. The molecule has 3 N–H and O–H groups in total. The van der Waals surface area contributed by atoms with Crippen LogP contribution in [-0.2, 0) is 6.61 Å². The molecule has 0 amide bonds. The fourth-order valence-electron chi connectivity index (χ4n) is 1.67. The van der Waals surface area contributed by atoms with E-state index in [1.165, 1.54) is 13.0 Å². The number of rotatable bonds is 3. The first kappa shape index (κ1) is 12.2. The van der Waals surface area contributed by atoms with Crippen molar-refractivity contribution in [3.8, 4) is 0 Å². The summed E-state index contributed by atoms with van der Waals surface area (Å²) in [6, 6.07) is 1.30. The molecule has 0 radical (unpaired) electrons. The lowest BCUT2D eigenvalue weighted by molar-refractivity contribution is 0.0695. The number of benzene rings is 1. The SMILES string of the molecule is Cc1c(CO)cc(C(=O)O)c(C)c1C(=O)O. The Kier molecular flexibility index (Phi) is 3.29. The van der Waals surface area contributed by atoms with Gasteiger partial charge in [-0.1, -0.05) is 0 Å². The van der Waals surface area contributed by atoms with Gasteiger partial charge in [0.2, 0.25) is 0 Å². The molecule has 5 heteroatoms. The van der Waals surface area contributed by atoms with Gasteiger partial charge in [-0.2, -0.15) is 0 Å². The van der Waals surface area contributed by atoms with E-state index < -0.39 is 11.9 Å². The van der Waals surface area contributed by atoms with E-state index in [2.05, 4.69) is 0 Å². The van der Waals surface area contributed by atoms with Crippen molar-refractivity contribution in [2.24, 2.45) is 0 Å². The third-order valence-electron chi connectivity index (χ3n) is 2.57. The molecule has 1 aromatic carbocycles. The van der Waals surface area contributed by atoms with Gasteiger partial charge in [0.1, 0.15) is 0 Å². The molecule has 0 unspecified atom stereocenters. The molecule has 1 rings (SSSR count). The number of aromatic carboxylic acids is 2. The number of carboxylic acid groups (broad SMARTS) is 2. The van der Waals surface area contributed by atoms with Gasteiger partial charge >= 0.3 is 11.9 Å². The monoisotopic (exact) mass is 224 g/mol. The molecule has 5 nitrogen and oxygen atoms in total. The molecule has 0 aromatic heterocycles. The van der Waals surface area contributed by atoms with Gasteiger partial charge in [-0.3, -0.25) is 0 Å². The highest BCUT2D eigenvalue weighted by Crippen LogP contribution is 2.22. The number of hydrogen-bond donors (Lipinski definition) is 3. The standard InChI is InChI=1S/C11H12O5/c1-5-7(4-12)3-8(10(13)14)6(2)9(5)11(15)16/h3,12H,4H2,1-2H3,(H,13,14)(H,15,16). The van der Waals surface area contributed by atoms with Crippen LogP contribution in [-0.4, -0.2) is 27.3 Å². The Morgan fingerprint density at radius 3 is 2.06 bits per heavy atom. The number of aliphatic hydroxyl groups is 1. The summed E-state index contributed by atoms with van der Waals surface area (Å²) in [5, 5.41) is 26.9. The van der Waals surface area contributed by atoms with E-state index in [1.807, 2.05) is 0 Å². The Bertz CT molecular complexity index is 462.